The molecule has 0 spiro atoms. The lowest BCUT2D eigenvalue weighted by atomic mass is 9.72. The van der Waals surface area contributed by atoms with Crippen LogP contribution in [0.4, 0.5) is 0 Å². The molecule has 0 radical (unpaired) electrons. The zero-order valence-electron chi connectivity index (χ0n) is 22.1. The van der Waals surface area contributed by atoms with Gasteiger partial charge in [0.1, 0.15) is 5.60 Å². The summed E-state index contributed by atoms with van der Waals surface area (Å²) in [7, 11) is 0. The predicted molar refractivity (Wildman–Crippen MR) is 132 cm³/mol. The fraction of sp³-hybridized carbons (Fsp3) is 0.964. The van der Waals surface area contributed by atoms with Crippen molar-refractivity contribution in [2.45, 2.75) is 155 Å². The van der Waals surface area contributed by atoms with E-state index >= 15 is 0 Å². The molecule has 1 N–H and O–H groups in total. The van der Waals surface area contributed by atoms with Gasteiger partial charge in [-0.2, -0.15) is 0 Å². The van der Waals surface area contributed by atoms with E-state index in [4.69, 9.17) is 9.47 Å². The van der Waals surface area contributed by atoms with Gasteiger partial charge in [-0.05, 0) is 90.4 Å². The van der Waals surface area contributed by atoms with E-state index in [0.717, 1.165) is 70.6 Å². The minimum Gasteiger partial charge on any atom is -0.459 e. The van der Waals surface area contributed by atoms with Crippen LogP contribution in [0.1, 0.15) is 138 Å². The summed E-state index contributed by atoms with van der Waals surface area (Å²) in [5, 5.41) is 11.2. The van der Waals surface area contributed by atoms with Crippen LogP contribution in [0.5, 0.6) is 0 Å². The number of rotatable bonds is 12. The maximum atomic E-state index is 13.2. The summed E-state index contributed by atoms with van der Waals surface area (Å²) in [6.07, 6.45) is 15.3. The zero-order valence-corrected chi connectivity index (χ0v) is 22.1. The second-order valence-electron chi connectivity index (χ2n) is 12.1. The summed E-state index contributed by atoms with van der Waals surface area (Å²) in [6.45, 7) is 13.1. The molecule has 0 aromatic rings. The molecule has 2 rings (SSSR count). The lowest BCUT2D eigenvalue weighted by Crippen LogP contribution is -2.43. The first-order valence-electron chi connectivity index (χ1n) is 13.6. The van der Waals surface area contributed by atoms with E-state index in [1.54, 1.807) is 0 Å². The average Bonchev–Trinajstić information content (AvgIpc) is 2.77. The summed E-state index contributed by atoms with van der Waals surface area (Å²) >= 11 is 0. The Kier molecular flexibility index (Phi) is 10.1. The standard InChI is InChI=1S/C28H52O4/c1-7-15-26(5,23(29)22-31-27(6)16-11-9-12-17-27)21-20-25(3,4)24(30)32-28(8-2)18-13-10-14-19-28/h23,29H,7-22H2,1-6H3. The third kappa shape index (κ3) is 7.45. The molecule has 0 aromatic carbocycles. The van der Waals surface area contributed by atoms with Crippen molar-refractivity contribution < 1.29 is 19.4 Å². The van der Waals surface area contributed by atoms with E-state index in [2.05, 4.69) is 27.7 Å². The van der Waals surface area contributed by atoms with Gasteiger partial charge in [0.2, 0.25) is 0 Å². The SMILES string of the molecule is CCCC(C)(CCC(C)(C)C(=O)OC1(CC)CCCCC1)C(O)COC1(C)CCCCC1. The van der Waals surface area contributed by atoms with Gasteiger partial charge < -0.3 is 14.6 Å². The van der Waals surface area contributed by atoms with Gasteiger partial charge in [-0.25, -0.2) is 0 Å². The normalized spacial score (nSPS) is 23.8. The third-order valence-electron chi connectivity index (χ3n) is 8.72. The first-order valence-corrected chi connectivity index (χ1v) is 13.6. The monoisotopic (exact) mass is 452 g/mol. The highest BCUT2D eigenvalue weighted by Gasteiger charge is 2.42. The number of aliphatic hydroxyl groups excluding tert-OH is 1. The van der Waals surface area contributed by atoms with Crippen LogP contribution in [0.15, 0.2) is 0 Å². The minimum absolute atomic E-state index is 0.0689. The third-order valence-corrected chi connectivity index (χ3v) is 8.72. The molecule has 2 aliphatic rings. The second kappa shape index (κ2) is 11.7. The Balaban J connectivity index is 1.96. The Hall–Kier alpha value is -0.610. The van der Waals surface area contributed by atoms with Crippen molar-refractivity contribution in [2.24, 2.45) is 10.8 Å². The van der Waals surface area contributed by atoms with Gasteiger partial charge in [-0.15, -0.1) is 0 Å². The summed E-state index contributed by atoms with van der Waals surface area (Å²) in [5.74, 6) is -0.0689. The Morgan fingerprint density at radius 2 is 1.47 bits per heavy atom. The van der Waals surface area contributed by atoms with Gasteiger partial charge in [-0.1, -0.05) is 52.9 Å². The van der Waals surface area contributed by atoms with Crippen molar-refractivity contribution in [2.75, 3.05) is 6.61 Å². The first-order chi connectivity index (χ1) is 15.0. The lowest BCUT2D eigenvalue weighted by Gasteiger charge is -2.41. The molecule has 2 fully saturated rings. The van der Waals surface area contributed by atoms with Gasteiger partial charge in [-0.3, -0.25) is 4.79 Å². The van der Waals surface area contributed by atoms with Crippen LogP contribution in [0.25, 0.3) is 0 Å². The summed E-state index contributed by atoms with van der Waals surface area (Å²) in [5.41, 5.74) is -1.17. The van der Waals surface area contributed by atoms with Crippen molar-refractivity contribution in [1.29, 1.82) is 0 Å². The van der Waals surface area contributed by atoms with Gasteiger partial charge >= 0.3 is 5.97 Å². The van der Waals surface area contributed by atoms with E-state index in [-0.39, 0.29) is 22.6 Å². The molecule has 0 aliphatic heterocycles. The van der Waals surface area contributed by atoms with Crippen LogP contribution in [0.2, 0.25) is 0 Å². The van der Waals surface area contributed by atoms with Crippen molar-refractivity contribution in [3.63, 3.8) is 0 Å². The fourth-order valence-electron chi connectivity index (χ4n) is 5.71. The van der Waals surface area contributed by atoms with Crippen molar-refractivity contribution in [1.82, 2.24) is 0 Å². The molecule has 0 saturated heterocycles. The van der Waals surface area contributed by atoms with Crippen molar-refractivity contribution in [3.8, 4) is 0 Å². The number of carbonyl (C=O) groups is 1. The van der Waals surface area contributed by atoms with Crippen LogP contribution in [0, 0.1) is 10.8 Å². The largest absolute Gasteiger partial charge is 0.459 e. The van der Waals surface area contributed by atoms with Gasteiger partial charge in [0.05, 0.1) is 23.7 Å². The molecular weight excluding hydrogens is 400 g/mol. The summed E-state index contributed by atoms with van der Waals surface area (Å²) in [4.78, 5) is 13.2. The topological polar surface area (TPSA) is 55.8 Å². The number of hydrogen-bond donors (Lipinski definition) is 1. The van der Waals surface area contributed by atoms with E-state index in [0.29, 0.717) is 6.61 Å². The molecule has 0 amide bonds. The van der Waals surface area contributed by atoms with Crippen LogP contribution in [-0.2, 0) is 14.3 Å². The number of aliphatic hydroxyl groups is 1. The number of esters is 1. The quantitative estimate of drug-likeness (QED) is 0.314. The van der Waals surface area contributed by atoms with E-state index in [9.17, 15) is 9.90 Å². The lowest BCUT2D eigenvalue weighted by molar-refractivity contribution is -0.176. The molecule has 0 heterocycles. The van der Waals surface area contributed by atoms with E-state index in [1.807, 2.05) is 13.8 Å². The molecule has 2 atom stereocenters. The number of hydrogen-bond acceptors (Lipinski definition) is 4. The Labute approximate surface area is 198 Å². The second-order valence-corrected chi connectivity index (χ2v) is 12.1. The summed E-state index contributed by atoms with van der Waals surface area (Å²) < 4.78 is 12.5. The molecule has 32 heavy (non-hydrogen) atoms. The predicted octanol–water partition coefficient (Wildman–Crippen LogP) is 7.36. The minimum atomic E-state index is -0.551. The van der Waals surface area contributed by atoms with Gasteiger partial charge in [0.15, 0.2) is 0 Å². The van der Waals surface area contributed by atoms with Crippen molar-refractivity contribution >= 4 is 5.97 Å². The highest BCUT2D eigenvalue weighted by atomic mass is 16.6. The van der Waals surface area contributed by atoms with E-state index in [1.165, 1.54) is 25.7 Å². The molecule has 0 aromatic heterocycles. The van der Waals surface area contributed by atoms with Crippen LogP contribution in [0.3, 0.4) is 0 Å². The molecule has 2 unspecified atom stereocenters. The van der Waals surface area contributed by atoms with Crippen LogP contribution in [-0.4, -0.2) is 35.0 Å². The number of carbonyl (C=O) groups excluding carboxylic acids is 1. The molecule has 2 saturated carbocycles. The first kappa shape index (κ1) is 27.6. The molecular formula is C28H52O4. The van der Waals surface area contributed by atoms with Gasteiger partial charge in [0, 0.05) is 0 Å². The summed E-state index contributed by atoms with van der Waals surface area (Å²) in [6, 6.07) is 0. The Morgan fingerprint density at radius 1 is 0.906 bits per heavy atom. The molecule has 188 valence electrons. The highest BCUT2D eigenvalue weighted by Crippen LogP contribution is 2.41. The number of ether oxygens (including phenoxy) is 2. The van der Waals surface area contributed by atoms with E-state index < -0.39 is 11.5 Å². The maximum absolute atomic E-state index is 13.2. The smallest absolute Gasteiger partial charge is 0.312 e. The highest BCUT2D eigenvalue weighted by molar-refractivity contribution is 5.76. The average molecular weight is 453 g/mol. The fourth-order valence-corrected chi connectivity index (χ4v) is 5.71. The molecule has 4 nitrogen and oxygen atoms in total. The Bertz CT molecular complexity index is 572. The zero-order chi connectivity index (χ0) is 23.9. The van der Waals surface area contributed by atoms with Gasteiger partial charge in [0.25, 0.3) is 0 Å². The van der Waals surface area contributed by atoms with Crippen molar-refractivity contribution in [3.05, 3.63) is 0 Å². The van der Waals surface area contributed by atoms with Crippen LogP contribution >= 0.6 is 0 Å². The molecule has 4 heteroatoms. The molecule has 2 aliphatic carbocycles. The maximum Gasteiger partial charge on any atom is 0.312 e. The Morgan fingerprint density at radius 3 is 2.00 bits per heavy atom. The van der Waals surface area contributed by atoms with Crippen LogP contribution < -0.4 is 0 Å². The molecule has 0 bridgehead atoms.